The molecule has 2 aliphatic heterocycles. The molecule has 3 N–H and O–H groups in total. The van der Waals surface area contributed by atoms with Crippen molar-refractivity contribution >= 4 is 23.2 Å². The quantitative estimate of drug-likeness (QED) is 0.393. The number of nitrogens with zero attached hydrogens (tertiary/aromatic N) is 4. The van der Waals surface area contributed by atoms with E-state index in [9.17, 15) is 25.1 Å². The molecule has 1 saturated heterocycles. The van der Waals surface area contributed by atoms with Crippen LogP contribution in [0.2, 0.25) is 0 Å². The Morgan fingerprint density at radius 3 is 2.51 bits per heavy atom. The maximum absolute atomic E-state index is 14.0. The van der Waals surface area contributed by atoms with E-state index in [-0.39, 0.29) is 43.3 Å². The van der Waals surface area contributed by atoms with Crippen molar-refractivity contribution in [3.05, 3.63) is 75.9 Å². The van der Waals surface area contributed by atoms with E-state index in [4.69, 9.17) is 0 Å². The summed E-state index contributed by atoms with van der Waals surface area (Å²) in [6.45, 7) is 7.94. The second-order valence-corrected chi connectivity index (χ2v) is 12.1. The molecule has 41 heavy (non-hydrogen) atoms. The Morgan fingerprint density at radius 2 is 1.88 bits per heavy atom. The van der Waals surface area contributed by atoms with Crippen molar-refractivity contribution in [2.45, 2.75) is 71.1 Å². The number of aromatic nitrogens is 1. The summed E-state index contributed by atoms with van der Waals surface area (Å²) < 4.78 is 0. The first kappa shape index (κ1) is 28.9. The molecule has 3 heterocycles. The van der Waals surface area contributed by atoms with Gasteiger partial charge in [0.15, 0.2) is 0 Å². The zero-order chi connectivity index (χ0) is 29.4. The van der Waals surface area contributed by atoms with Gasteiger partial charge >= 0.3 is 0 Å². The third kappa shape index (κ3) is 5.51. The number of aliphatic hydroxyl groups excluding tert-OH is 2. The van der Waals surface area contributed by atoms with Crippen LogP contribution in [0.25, 0.3) is 10.4 Å². The number of β-amino-alcohol motifs (C(OH)–C–C–N with tert-alkyl or cyclic N) is 1. The van der Waals surface area contributed by atoms with E-state index in [2.05, 4.69) is 16.4 Å². The van der Waals surface area contributed by atoms with Crippen LogP contribution >= 0.6 is 11.3 Å². The van der Waals surface area contributed by atoms with Gasteiger partial charge in [-0.15, -0.1) is 11.3 Å². The number of fused-ring (bicyclic) bond motifs is 1. The highest BCUT2D eigenvalue weighted by molar-refractivity contribution is 7.13. The first-order chi connectivity index (χ1) is 19.6. The fraction of sp³-hybridized carbons (Fsp3) is 0.419. The predicted octanol–water partition coefficient (Wildman–Crippen LogP) is 3.66. The van der Waals surface area contributed by atoms with Gasteiger partial charge in [0.25, 0.3) is 0 Å². The lowest BCUT2D eigenvalue weighted by Crippen LogP contribution is -2.55. The Kier molecular flexibility index (Phi) is 8.25. The molecule has 1 unspecified atom stereocenters. The SMILES string of the molecule is Cc1ncsc1-c1ccc([C@H](C)NC(=O)[C@@H]2C[C@@H](O)CN2C(=O)[C@H](C(C)C)N2Cc3c(C#N)cccc3C2O)cc1. The number of thiazole rings is 1. The molecular weight excluding hydrogens is 538 g/mol. The van der Waals surface area contributed by atoms with Crippen molar-refractivity contribution < 1.29 is 19.8 Å². The smallest absolute Gasteiger partial charge is 0.243 e. The van der Waals surface area contributed by atoms with Crippen LogP contribution in [-0.4, -0.2) is 61.5 Å². The monoisotopic (exact) mass is 573 g/mol. The van der Waals surface area contributed by atoms with Gasteiger partial charge in [-0.3, -0.25) is 14.5 Å². The van der Waals surface area contributed by atoms with E-state index in [1.165, 1.54) is 4.90 Å². The Morgan fingerprint density at radius 1 is 1.15 bits per heavy atom. The molecule has 0 aliphatic carbocycles. The molecule has 1 fully saturated rings. The molecular formula is C31H35N5O4S. The van der Waals surface area contributed by atoms with Crippen molar-refractivity contribution in [1.82, 2.24) is 20.1 Å². The number of likely N-dealkylation sites (tertiary alicyclic amines) is 1. The number of carbonyl (C=O) groups excluding carboxylic acids is 2. The van der Waals surface area contributed by atoms with Crippen LogP contribution in [0.5, 0.6) is 0 Å². The van der Waals surface area contributed by atoms with Crippen molar-refractivity contribution in [3.8, 4) is 16.5 Å². The van der Waals surface area contributed by atoms with Crippen molar-refractivity contribution in [2.75, 3.05) is 6.54 Å². The number of amides is 2. The van der Waals surface area contributed by atoms with Gasteiger partial charge in [-0.1, -0.05) is 50.2 Å². The van der Waals surface area contributed by atoms with E-state index >= 15 is 0 Å². The van der Waals surface area contributed by atoms with Gasteiger partial charge in [0.1, 0.15) is 12.3 Å². The highest BCUT2D eigenvalue weighted by atomic mass is 32.1. The lowest BCUT2D eigenvalue weighted by molar-refractivity contribution is -0.149. The van der Waals surface area contributed by atoms with E-state index in [1.54, 1.807) is 34.4 Å². The van der Waals surface area contributed by atoms with Crippen LogP contribution in [-0.2, 0) is 16.1 Å². The number of aryl methyl sites for hydroxylation is 1. The van der Waals surface area contributed by atoms with Gasteiger partial charge in [-0.05, 0) is 42.5 Å². The molecule has 0 bridgehead atoms. The summed E-state index contributed by atoms with van der Waals surface area (Å²) >= 11 is 1.58. The number of nitriles is 1. The second kappa shape index (κ2) is 11.7. The molecule has 2 aromatic carbocycles. The molecule has 0 saturated carbocycles. The van der Waals surface area contributed by atoms with Gasteiger partial charge in [0, 0.05) is 25.1 Å². The molecule has 1 aromatic heterocycles. The Balaban J connectivity index is 1.31. The topological polar surface area (TPSA) is 130 Å². The molecule has 10 heteroatoms. The molecule has 3 aromatic rings. The normalized spacial score (nSPS) is 21.9. The van der Waals surface area contributed by atoms with Crippen LogP contribution < -0.4 is 5.32 Å². The third-order valence-electron chi connectivity index (χ3n) is 8.15. The van der Waals surface area contributed by atoms with E-state index in [0.29, 0.717) is 16.7 Å². The Bertz CT molecular complexity index is 1480. The fourth-order valence-corrected chi connectivity index (χ4v) is 6.82. The fourth-order valence-electron chi connectivity index (χ4n) is 6.01. The third-order valence-corrected chi connectivity index (χ3v) is 9.13. The zero-order valence-corrected chi connectivity index (χ0v) is 24.4. The number of benzene rings is 2. The van der Waals surface area contributed by atoms with Gasteiger partial charge < -0.3 is 20.4 Å². The predicted molar refractivity (Wildman–Crippen MR) is 155 cm³/mol. The number of aliphatic hydroxyl groups is 2. The molecule has 0 spiro atoms. The molecule has 5 atom stereocenters. The molecule has 2 aliphatic rings. The van der Waals surface area contributed by atoms with Gasteiger partial charge in [0.05, 0.1) is 45.9 Å². The number of rotatable bonds is 7. The minimum absolute atomic E-state index is 0.0394. The maximum atomic E-state index is 14.0. The molecule has 5 rings (SSSR count). The zero-order valence-electron chi connectivity index (χ0n) is 23.6. The molecule has 9 nitrogen and oxygen atoms in total. The number of carbonyl (C=O) groups is 2. The van der Waals surface area contributed by atoms with Crippen LogP contribution in [0.15, 0.2) is 48.0 Å². The largest absolute Gasteiger partial charge is 0.391 e. The number of hydrogen-bond acceptors (Lipinski definition) is 8. The van der Waals surface area contributed by atoms with Crippen LogP contribution in [0.1, 0.15) is 67.4 Å². The van der Waals surface area contributed by atoms with E-state index in [1.807, 2.05) is 57.5 Å². The summed E-state index contributed by atoms with van der Waals surface area (Å²) in [6.07, 6.45) is -1.74. The average Bonchev–Trinajstić information content (AvgIpc) is 3.65. The van der Waals surface area contributed by atoms with E-state index in [0.717, 1.165) is 21.7 Å². The van der Waals surface area contributed by atoms with Crippen LogP contribution in [0.4, 0.5) is 0 Å². The maximum Gasteiger partial charge on any atom is 0.243 e. The minimum Gasteiger partial charge on any atom is -0.391 e. The standard InChI is InChI=1S/C31H35N5O4S/c1-17(2)27(36-15-25-22(13-32)6-5-7-24(25)30(36)39)31(40)35-14-23(37)12-26(35)29(38)34-18(3)20-8-10-21(11-9-20)28-19(4)33-16-41-28/h5-11,16-18,23,26-27,30,37,39H,12,14-15H2,1-4H3,(H,34,38)/t18-,23+,26-,27-,30?/m0/s1. The molecule has 0 radical (unpaired) electrons. The lowest BCUT2D eigenvalue weighted by atomic mass is 10.00. The second-order valence-electron chi connectivity index (χ2n) is 11.2. The molecule has 214 valence electrons. The van der Waals surface area contributed by atoms with Gasteiger partial charge in [0.2, 0.25) is 11.8 Å². The van der Waals surface area contributed by atoms with E-state index < -0.39 is 24.4 Å². The van der Waals surface area contributed by atoms with Gasteiger partial charge in [-0.25, -0.2) is 4.98 Å². The van der Waals surface area contributed by atoms with Crippen molar-refractivity contribution in [2.24, 2.45) is 5.92 Å². The lowest BCUT2D eigenvalue weighted by Gasteiger charge is -2.36. The first-order valence-corrected chi connectivity index (χ1v) is 14.7. The summed E-state index contributed by atoms with van der Waals surface area (Å²) in [5, 5.41) is 34.3. The van der Waals surface area contributed by atoms with Crippen LogP contribution in [0, 0.1) is 24.2 Å². The summed E-state index contributed by atoms with van der Waals surface area (Å²) in [6, 6.07) is 13.4. The Labute approximate surface area is 244 Å². The van der Waals surface area contributed by atoms with Crippen molar-refractivity contribution in [3.63, 3.8) is 0 Å². The summed E-state index contributed by atoms with van der Waals surface area (Å²) in [4.78, 5) is 36.1. The van der Waals surface area contributed by atoms with Gasteiger partial charge in [-0.2, -0.15) is 5.26 Å². The highest BCUT2D eigenvalue weighted by Crippen LogP contribution is 2.38. The molecule has 2 amide bonds. The summed E-state index contributed by atoms with van der Waals surface area (Å²) in [7, 11) is 0. The highest BCUT2D eigenvalue weighted by Gasteiger charge is 2.46. The number of hydrogen-bond donors (Lipinski definition) is 3. The number of nitrogens with one attached hydrogen (secondary N) is 1. The summed E-state index contributed by atoms with van der Waals surface area (Å²) in [5.74, 6) is -0.846. The summed E-state index contributed by atoms with van der Waals surface area (Å²) in [5.41, 5.74) is 6.58. The Hall–Kier alpha value is -3.62. The minimum atomic E-state index is -1.05. The average molecular weight is 574 g/mol. The van der Waals surface area contributed by atoms with Crippen molar-refractivity contribution in [1.29, 1.82) is 5.26 Å². The van der Waals surface area contributed by atoms with Crippen LogP contribution in [0.3, 0.4) is 0 Å². The first-order valence-electron chi connectivity index (χ1n) is 13.9.